The van der Waals surface area contributed by atoms with E-state index in [1.54, 1.807) is 11.8 Å². The number of hydrogen-bond acceptors (Lipinski definition) is 2. The van der Waals surface area contributed by atoms with Crippen LogP contribution in [0, 0.1) is 6.92 Å². The lowest BCUT2D eigenvalue weighted by Gasteiger charge is -2.10. The Morgan fingerprint density at radius 2 is 1.74 bits per heavy atom. The highest BCUT2D eigenvalue weighted by atomic mass is 35.5. The Hall–Kier alpha value is -0.830. The second-order valence-electron chi connectivity index (χ2n) is 4.28. The topological polar surface area (TPSA) is 12.0 Å². The summed E-state index contributed by atoms with van der Waals surface area (Å²) in [6.07, 6.45) is 2.07. The molecule has 100 valence electrons. The fourth-order valence-electron chi connectivity index (χ4n) is 1.72. The lowest BCUT2D eigenvalue weighted by atomic mass is 10.2. The molecule has 0 saturated carbocycles. The van der Waals surface area contributed by atoms with E-state index >= 15 is 0 Å². The van der Waals surface area contributed by atoms with E-state index in [0.717, 1.165) is 22.8 Å². The molecular formula is C15H15Cl2NS. The zero-order valence-corrected chi connectivity index (χ0v) is 13.2. The van der Waals surface area contributed by atoms with Crippen LogP contribution in [0.4, 0.5) is 5.69 Å². The van der Waals surface area contributed by atoms with E-state index in [4.69, 9.17) is 23.2 Å². The van der Waals surface area contributed by atoms with Gasteiger partial charge in [0, 0.05) is 16.5 Å². The number of anilines is 1. The molecule has 0 saturated heterocycles. The van der Waals surface area contributed by atoms with Crippen molar-refractivity contribution >= 4 is 40.7 Å². The molecule has 0 atom stereocenters. The minimum Gasteiger partial charge on any atom is -0.380 e. The van der Waals surface area contributed by atoms with Crippen molar-refractivity contribution < 1.29 is 0 Å². The Balaban J connectivity index is 2.07. The summed E-state index contributed by atoms with van der Waals surface area (Å²) in [5.41, 5.74) is 3.07. The smallest absolute Gasteiger partial charge is 0.0641 e. The minimum absolute atomic E-state index is 0.697. The van der Waals surface area contributed by atoms with E-state index in [2.05, 4.69) is 35.8 Å². The van der Waals surface area contributed by atoms with Gasteiger partial charge in [-0.25, -0.2) is 0 Å². The van der Waals surface area contributed by atoms with Crippen LogP contribution in [0.25, 0.3) is 0 Å². The van der Waals surface area contributed by atoms with Gasteiger partial charge in [-0.05, 0) is 48.6 Å². The summed E-state index contributed by atoms with van der Waals surface area (Å²) in [5.74, 6) is 0. The first kappa shape index (κ1) is 14.6. The Morgan fingerprint density at radius 3 is 2.37 bits per heavy atom. The lowest BCUT2D eigenvalue weighted by Crippen LogP contribution is -2.00. The van der Waals surface area contributed by atoms with Crippen molar-refractivity contribution in [1.29, 1.82) is 0 Å². The molecule has 1 nitrogen and oxygen atoms in total. The SMILES string of the molecule is CSc1ccc(CNc2cc(Cl)c(C)cc2Cl)cc1. The molecule has 2 aromatic carbocycles. The van der Waals surface area contributed by atoms with Crippen LogP contribution in [0.15, 0.2) is 41.3 Å². The highest BCUT2D eigenvalue weighted by Gasteiger charge is 2.04. The van der Waals surface area contributed by atoms with Crippen LogP contribution in [-0.4, -0.2) is 6.26 Å². The third kappa shape index (κ3) is 3.82. The number of thioether (sulfide) groups is 1. The van der Waals surface area contributed by atoms with Crippen molar-refractivity contribution in [1.82, 2.24) is 0 Å². The molecule has 2 aromatic rings. The average molecular weight is 312 g/mol. The van der Waals surface area contributed by atoms with Gasteiger partial charge in [0.25, 0.3) is 0 Å². The van der Waals surface area contributed by atoms with E-state index in [1.807, 2.05) is 19.1 Å². The van der Waals surface area contributed by atoms with Crippen LogP contribution in [0.5, 0.6) is 0 Å². The summed E-state index contributed by atoms with van der Waals surface area (Å²) in [7, 11) is 0. The zero-order chi connectivity index (χ0) is 13.8. The zero-order valence-electron chi connectivity index (χ0n) is 10.8. The quantitative estimate of drug-likeness (QED) is 0.734. The molecule has 1 N–H and O–H groups in total. The second-order valence-corrected chi connectivity index (χ2v) is 5.98. The van der Waals surface area contributed by atoms with Crippen LogP contribution < -0.4 is 5.32 Å². The van der Waals surface area contributed by atoms with E-state index in [1.165, 1.54) is 10.5 Å². The van der Waals surface area contributed by atoms with Crippen LogP contribution in [-0.2, 0) is 6.54 Å². The van der Waals surface area contributed by atoms with E-state index in [0.29, 0.717) is 5.02 Å². The van der Waals surface area contributed by atoms with Crippen molar-refractivity contribution in [3.63, 3.8) is 0 Å². The molecule has 0 amide bonds. The minimum atomic E-state index is 0.697. The van der Waals surface area contributed by atoms with Crippen LogP contribution >= 0.6 is 35.0 Å². The predicted octanol–water partition coefficient (Wildman–Crippen LogP) is 5.64. The first-order chi connectivity index (χ1) is 9.10. The second kappa shape index (κ2) is 6.56. The largest absolute Gasteiger partial charge is 0.380 e. The summed E-state index contributed by atoms with van der Waals surface area (Å²) in [6.45, 7) is 2.67. The van der Waals surface area contributed by atoms with Gasteiger partial charge in [0.1, 0.15) is 0 Å². The molecule has 0 aliphatic rings. The lowest BCUT2D eigenvalue weighted by molar-refractivity contribution is 1.14. The van der Waals surface area contributed by atoms with Crippen molar-refractivity contribution in [3.8, 4) is 0 Å². The number of aryl methyl sites for hydroxylation is 1. The van der Waals surface area contributed by atoms with Gasteiger partial charge >= 0.3 is 0 Å². The number of halogens is 2. The molecular weight excluding hydrogens is 297 g/mol. The maximum absolute atomic E-state index is 6.19. The molecule has 4 heteroatoms. The molecule has 0 aliphatic carbocycles. The third-order valence-electron chi connectivity index (χ3n) is 2.89. The van der Waals surface area contributed by atoms with Crippen LogP contribution in [0.3, 0.4) is 0 Å². The molecule has 0 aliphatic heterocycles. The molecule has 0 fully saturated rings. The van der Waals surface area contributed by atoms with Crippen molar-refractivity contribution in [2.24, 2.45) is 0 Å². The number of benzene rings is 2. The van der Waals surface area contributed by atoms with Crippen LogP contribution in [0.2, 0.25) is 10.0 Å². The summed E-state index contributed by atoms with van der Waals surface area (Å²) in [6, 6.07) is 12.2. The summed E-state index contributed by atoms with van der Waals surface area (Å²) < 4.78 is 0. The van der Waals surface area contributed by atoms with Gasteiger partial charge in [0.15, 0.2) is 0 Å². The van der Waals surface area contributed by atoms with Gasteiger partial charge in [-0.1, -0.05) is 35.3 Å². The third-order valence-corrected chi connectivity index (χ3v) is 4.35. The maximum Gasteiger partial charge on any atom is 0.0641 e. The average Bonchev–Trinajstić information content (AvgIpc) is 2.42. The van der Waals surface area contributed by atoms with Crippen molar-refractivity contribution in [2.45, 2.75) is 18.4 Å². The summed E-state index contributed by atoms with van der Waals surface area (Å²) >= 11 is 14.0. The first-order valence-electron chi connectivity index (χ1n) is 5.92. The predicted molar refractivity (Wildman–Crippen MR) is 86.7 cm³/mol. The number of rotatable bonds is 4. The highest BCUT2D eigenvalue weighted by molar-refractivity contribution is 7.98. The number of hydrogen-bond donors (Lipinski definition) is 1. The molecule has 19 heavy (non-hydrogen) atoms. The van der Waals surface area contributed by atoms with Gasteiger partial charge in [-0.15, -0.1) is 11.8 Å². The molecule has 0 aromatic heterocycles. The van der Waals surface area contributed by atoms with E-state index in [-0.39, 0.29) is 0 Å². The van der Waals surface area contributed by atoms with Crippen molar-refractivity contribution in [3.05, 3.63) is 57.6 Å². The highest BCUT2D eigenvalue weighted by Crippen LogP contribution is 2.29. The molecule has 0 bridgehead atoms. The normalized spacial score (nSPS) is 10.5. The fraction of sp³-hybridized carbons (Fsp3) is 0.200. The first-order valence-corrected chi connectivity index (χ1v) is 7.90. The van der Waals surface area contributed by atoms with Gasteiger partial charge in [-0.2, -0.15) is 0 Å². The maximum atomic E-state index is 6.19. The van der Waals surface area contributed by atoms with E-state index in [9.17, 15) is 0 Å². The fourth-order valence-corrected chi connectivity index (χ4v) is 2.58. The Labute approximate surface area is 128 Å². The van der Waals surface area contributed by atoms with Crippen LogP contribution in [0.1, 0.15) is 11.1 Å². The molecule has 0 unspecified atom stereocenters. The van der Waals surface area contributed by atoms with Gasteiger partial charge < -0.3 is 5.32 Å². The molecule has 2 rings (SSSR count). The van der Waals surface area contributed by atoms with E-state index < -0.39 is 0 Å². The van der Waals surface area contributed by atoms with Gasteiger partial charge in [-0.3, -0.25) is 0 Å². The summed E-state index contributed by atoms with van der Waals surface area (Å²) in [5, 5.41) is 4.73. The Bertz CT molecular complexity index is 567. The van der Waals surface area contributed by atoms with Crippen molar-refractivity contribution in [2.75, 3.05) is 11.6 Å². The monoisotopic (exact) mass is 311 g/mol. The Kier molecular flexibility index (Phi) is 5.03. The number of nitrogens with one attached hydrogen (secondary N) is 1. The summed E-state index contributed by atoms with van der Waals surface area (Å²) in [4.78, 5) is 1.26. The molecule has 0 radical (unpaired) electrons. The Morgan fingerprint density at radius 1 is 1.05 bits per heavy atom. The van der Waals surface area contributed by atoms with Gasteiger partial charge in [0.05, 0.1) is 10.7 Å². The standard InChI is InChI=1S/C15H15Cl2NS/c1-10-7-14(17)15(8-13(10)16)18-9-11-3-5-12(19-2)6-4-11/h3-8,18H,9H2,1-2H3. The van der Waals surface area contributed by atoms with Gasteiger partial charge in [0.2, 0.25) is 0 Å². The molecule has 0 spiro atoms. The molecule has 0 heterocycles.